The van der Waals surface area contributed by atoms with E-state index in [1.807, 2.05) is 0 Å². The second-order valence-electron chi connectivity index (χ2n) is 4.42. The van der Waals surface area contributed by atoms with Gasteiger partial charge in [0, 0.05) is 6.04 Å². The van der Waals surface area contributed by atoms with Crippen LogP contribution in [0.3, 0.4) is 0 Å². The first-order chi connectivity index (χ1) is 7.47. The molecule has 1 heterocycles. The highest BCUT2D eigenvalue weighted by atomic mass is 19.4. The van der Waals surface area contributed by atoms with Crippen LogP contribution in [0.15, 0.2) is 24.3 Å². The van der Waals surface area contributed by atoms with Gasteiger partial charge in [-0.1, -0.05) is 19.1 Å². The number of benzene rings is 1. The van der Waals surface area contributed by atoms with E-state index in [-0.39, 0.29) is 6.04 Å². The molecule has 0 amide bonds. The topological polar surface area (TPSA) is 12.0 Å². The number of hydrogen-bond donors (Lipinski definition) is 1. The van der Waals surface area contributed by atoms with Crippen molar-refractivity contribution in [1.29, 1.82) is 0 Å². The highest BCUT2D eigenvalue weighted by molar-refractivity contribution is 5.27. The van der Waals surface area contributed by atoms with Gasteiger partial charge in [-0.25, -0.2) is 0 Å². The van der Waals surface area contributed by atoms with E-state index in [0.717, 1.165) is 30.7 Å². The van der Waals surface area contributed by atoms with Crippen LogP contribution in [0.5, 0.6) is 0 Å². The molecule has 1 aromatic rings. The van der Waals surface area contributed by atoms with E-state index in [2.05, 4.69) is 12.2 Å². The lowest BCUT2D eigenvalue weighted by Gasteiger charge is -2.12. The van der Waals surface area contributed by atoms with E-state index >= 15 is 0 Å². The molecule has 1 nitrogen and oxygen atoms in total. The van der Waals surface area contributed by atoms with E-state index in [0.29, 0.717) is 5.92 Å². The zero-order chi connectivity index (χ0) is 11.8. The third kappa shape index (κ3) is 2.38. The Morgan fingerprint density at radius 3 is 2.25 bits per heavy atom. The van der Waals surface area contributed by atoms with Crippen LogP contribution in [0.4, 0.5) is 13.2 Å². The van der Waals surface area contributed by atoms with Crippen molar-refractivity contribution in [3.8, 4) is 0 Å². The van der Waals surface area contributed by atoms with Crippen LogP contribution < -0.4 is 5.32 Å². The lowest BCUT2D eigenvalue weighted by Crippen LogP contribution is -2.13. The van der Waals surface area contributed by atoms with Gasteiger partial charge in [-0.3, -0.25) is 0 Å². The first-order valence-corrected chi connectivity index (χ1v) is 5.37. The van der Waals surface area contributed by atoms with Crippen LogP contribution in [0.2, 0.25) is 0 Å². The van der Waals surface area contributed by atoms with Crippen LogP contribution in [-0.2, 0) is 6.18 Å². The van der Waals surface area contributed by atoms with Gasteiger partial charge in [-0.2, -0.15) is 13.2 Å². The summed E-state index contributed by atoms with van der Waals surface area (Å²) < 4.78 is 37.0. The summed E-state index contributed by atoms with van der Waals surface area (Å²) in [6, 6.07) is 5.65. The summed E-state index contributed by atoms with van der Waals surface area (Å²) in [6.07, 6.45) is -3.25. The molecule has 0 aromatic heterocycles. The first kappa shape index (κ1) is 11.5. The smallest absolute Gasteiger partial charge is 0.310 e. The Bertz CT molecular complexity index is 356. The molecule has 1 aliphatic rings. The molecule has 4 heteroatoms. The molecule has 88 valence electrons. The van der Waals surface area contributed by atoms with E-state index in [4.69, 9.17) is 0 Å². The minimum absolute atomic E-state index is 0.206. The summed E-state index contributed by atoms with van der Waals surface area (Å²) in [5.74, 6) is 0.590. The largest absolute Gasteiger partial charge is 0.416 e. The molecule has 1 aromatic carbocycles. The molecule has 1 saturated heterocycles. The Labute approximate surface area is 92.7 Å². The third-order valence-corrected chi connectivity index (χ3v) is 2.99. The number of hydrogen-bond acceptors (Lipinski definition) is 1. The van der Waals surface area contributed by atoms with Crippen molar-refractivity contribution < 1.29 is 13.2 Å². The summed E-state index contributed by atoms with van der Waals surface area (Å²) in [5.41, 5.74) is 0.361. The van der Waals surface area contributed by atoms with Gasteiger partial charge in [0.25, 0.3) is 0 Å². The van der Waals surface area contributed by atoms with Crippen LogP contribution in [0.25, 0.3) is 0 Å². The molecule has 0 spiro atoms. The fraction of sp³-hybridized carbons (Fsp3) is 0.500. The summed E-state index contributed by atoms with van der Waals surface area (Å²) in [7, 11) is 0. The van der Waals surface area contributed by atoms with Crippen LogP contribution >= 0.6 is 0 Å². The molecular weight excluding hydrogens is 215 g/mol. The maximum atomic E-state index is 12.3. The molecule has 1 N–H and O–H groups in total. The van der Waals surface area contributed by atoms with Gasteiger partial charge < -0.3 is 5.32 Å². The highest BCUT2D eigenvalue weighted by Crippen LogP contribution is 2.32. The number of rotatable bonds is 1. The molecule has 2 rings (SSSR count). The van der Waals surface area contributed by atoms with Crippen molar-refractivity contribution >= 4 is 0 Å². The van der Waals surface area contributed by atoms with Crippen molar-refractivity contribution in [1.82, 2.24) is 5.32 Å². The molecule has 16 heavy (non-hydrogen) atoms. The van der Waals surface area contributed by atoms with Crippen molar-refractivity contribution in [3.63, 3.8) is 0 Å². The van der Waals surface area contributed by atoms with Gasteiger partial charge in [0.1, 0.15) is 0 Å². The maximum Gasteiger partial charge on any atom is 0.416 e. The minimum atomic E-state index is -4.24. The Morgan fingerprint density at radius 1 is 1.19 bits per heavy atom. The average Bonchev–Trinajstić information content (AvgIpc) is 2.64. The Kier molecular flexibility index (Phi) is 2.93. The molecule has 0 aliphatic carbocycles. The molecule has 1 aliphatic heterocycles. The maximum absolute atomic E-state index is 12.3. The van der Waals surface area contributed by atoms with Crippen LogP contribution in [0, 0.1) is 5.92 Å². The number of nitrogens with one attached hydrogen (secondary N) is 1. The lowest BCUT2D eigenvalue weighted by molar-refractivity contribution is -0.137. The molecule has 0 saturated carbocycles. The minimum Gasteiger partial charge on any atom is -0.310 e. The molecule has 2 atom stereocenters. The Morgan fingerprint density at radius 2 is 1.81 bits per heavy atom. The molecular formula is C12H14F3N. The fourth-order valence-electron chi connectivity index (χ4n) is 2.07. The van der Waals surface area contributed by atoms with Gasteiger partial charge in [0.2, 0.25) is 0 Å². The van der Waals surface area contributed by atoms with Gasteiger partial charge in [-0.05, 0) is 36.6 Å². The zero-order valence-electron chi connectivity index (χ0n) is 9.01. The third-order valence-electron chi connectivity index (χ3n) is 2.99. The second kappa shape index (κ2) is 4.09. The highest BCUT2D eigenvalue weighted by Gasteiger charge is 2.30. The van der Waals surface area contributed by atoms with E-state index < -0.39 is 11.7 Å². The molecule has 0 radical (unpaired) electrons. The van der Waals surface area contributed by atoms with Crippen molar-refractivity contribution in [2.45, 2.75) is 25.6 Å². The normalized spacial score (nSPS) is 26.0. The molecule has 1 fully saturated rings. The molecule has 0 unspecified atom stereocenters. The number of halogens is 3. The SMILES string of the molecule is C[C@H]1CN[C@@H](c2ccc(C(F)(F)F)cc2)C1. The fourth-order valence-corrected chi connectivity index (χ4v) is 2.07. The van der Waals surface area contributed by atoms with Crippen molar-refractivity contribution in [3.05, 3.63) is 35.4 Å². The van der Waals surface area contributed by atoms with E-state index in [9.17, 15) is 13.2 Å². The quantitative estimate of drug-likeness (QED) is 0.778. The molecule has 0 bridgehead atoms. The monoisotopic (exact) mass is 229 g/mol. The number of alkyl halides is 3. The van der Waals surface area contributed by atoms with Gasteiger partial charge in [0.05, 0.1) is 5.56 Å². The average molecular weight is 229 g/mol. The van der Waals surface area contributed by atoms with Crippen molar-refractivity contribution in [2.75, 3.05) is 6.54 Å². The van der Waals surface area contributed by atoms with Crippen LogP contribution in [-0.4, -0.2) is 6.54 Å². The summed E-state index contributed by atoms with van der Waals surface area (Å²) >= 11 is 0. The summed E-state index contributed by atoms with van der Waals surface area (Å²) in [6.45, 7) is 3.07. The standard InChI is InChI=1S/C12H14F3N/c1-8-6-11(16-7-8)9-2-4-10(5-3-9)12(13,14)15/h2-5,8,11,16H,6-7H2,1H3/t8-,11-/m1/s1. The van der Waals surface area contributed by atoms with Gasteiger partial charge in [-0.15, -0.1) is 0 Å². The summed E-state index contributed by atoms with van der Waals surface area (Å²) in [4.78, 5) is 0. The van der Waals surface area contributed by atoms with Gasteiger partial charge in [0.15, 0.2) is 0 Å². The summed E-state index contributed by atoms with van der Waals surface area (Å²) in [5, 5.41) is 3.30. The van der Waals surface area contributed by atoms with E-state index in [1.165, 1.54) is 0 Å². The van der Waals surface area contributed by atoms with Gasteiger partial charge >= 0.3 is 6.18 Å². The lowest BCUT2D eigenvalue weighted by atomic mass is 10.0. The Hall–Kier alpha value is -1.03. The Balaban J connectivity index is 2.14. The predicted molar refractivity (Wildman–Crippen MR) is 56.0 cm³/mol. The first-order valence-electron chi connectivity index (χ1n) is 5.37. The van der Waals surface area contributed by atoms with Crippen molar-refractivity contribution in [2.24, 2.45) is 5.92 Å². The van der Waals surface area contributed by atoms with Crippen LogP contribution in [0.1, 0.15) is 30.5 Å². The predicted octanol–water partition coefficient (Wildman–Crippen LogP) is 3.38. The zero-order valence-corrected chi connectivity index (χ0v) is 9.01. The second-order valence-corrected chi connectivity index (χ2v) is 4.42. The van der Waals surface area contributed by atoms with E-state index in [1.54, 1.807) is 12.1 Å².